The Balaban J connectivity index is 1.83. The summed E-state index contributed by atoms with van der Waals surface area (Å²) in [6.07, 6.45) is 0. The van der Waals surface area contributed by atoms with Gasteiger partial charge in [-0.25, -0.2) is 4.89 Å². The van der Waals surface area contributed by atoms with Gasteiger partial charge in [0.1, 0.15) is 11.4 Å². The van der Waals surface area contributed by atoms with Crippen molar-refractivity contribution in [2.45, 2.75) is 30.1 Å². The molecule has 24 heavy (non-hydrogen) atoms. The minimum absolute atomic E-state index is 0.556. The summed E-state index contributed by atoms with van der Waals surface area (Å²) < 4.78 is 10.7. The van der Waals surface area contributed by atoms with Crippen molar-refractivity contribution in [2.75, 3.05) is 20.0 Å². The molecule has 1 heterocycles. The Morgan fingerprint density at radius 1 is 0.917 bits per heavy atom. The molecule has 2 atom stereocenters. The predicted octanol–water partition coefficient (Wildman–Crippen LogP) is 4.48. The Hall–Kier alpha value is -1.53. The second kappa shape index (κ2) is 6.76. The number of hydrogen-bond donors (Lipinski definition) is 0. The third kappa shape index (κ3) is 3.17. The van der Waals surface area contributed by atoms with E-state index in [9.17, 15) is 0 Å². The van der Waals surface area contributed by atoms with E-state index < -0.39 is 11.4 Å². The highest BCUT2D eigenvalue weighted by molar-refractivity contribution is 7.99. The zero-order valence-corrected chi connectivity index (χ0v) is 15.2. The monoisotopic (exact) mass is 346 g/mol. The van der Waals surface area contributed by atoms with Crippen molar-refractivity contribution in [1.82, 2.24) is 0 Å². The van der Waals surface area contributed by atoms with Gasteiger partial charge in [0.2, 0.25) is 5.79 Å². The Morgan fingerprint density at radius 3 is 2.21 bits per heavy atom. The molecular weight excluding hydrogens is 324 g/mol. The Kier molecular flexibility index (Phi) is 4.88. The predicted molar refractivity (Wildman–Crippen MR) is 94.0 cm³/mol. The molecule has 0 N–H and O–H groups in total. The summed E-state index contributed by atoms with van der Waals surface area (Å²) >= 11 is 1.71. The highest BCUT2D eigenvalue weighted by atomic mass is 32.2. The first-order valence-electron chi connectivity index (χ1n) is 7.79. The summed E-state index contributed by atoms with van der Waals surface area (Å²) in [6.45, 7) is 3.90. The topological polar surface area (TPSA) is 36.9 Å². The second-order valence-electron chi connectivity index (χ2n) is 6.06. The first-order valence-corrected chi connectivity index (χ1v) is 8.78. The lowest BCUT2D eigenvalue weighted by molar-refractivity contribution is -0.475. The van der Waals surface area contributed by atoms with Gasteiger partial charge in [0.15, 0.2) is 0 Å². The fraction of sp³-hybridized carbons (Fsp3) is 0.368. The number of benzene rings is 2. The molecule has 0 unspecified atom stereocenters. The maximum Gasteiger partial charge on any atom is 0.225 e. The van der Waals surface area contributed by atoms with Gasteiger partial charge < -0.3 is 9.47 Å². The van der Waals surface area contributed by atoms with Gasteiger partial charge in [-0.2, -0.15) is 4.89 Å². The van der Waals surface area contributed by atoms with Crippen LogP contribution in [0.2, 0.25) is 0 Å². The van der Waals surface area contributed by atoms with Crippen molar-refractivity contribution in [3.63, 3.8) is 0 Å². The Bertz CT molecular complexity index is 703. The maximum absolute atomic E-state index is 5.79. The molecule has 1 aliphatic rings. The SMILES string of the molecule is COc1ccc(SC[C@@]2(C)OO[C@](C)(OC)c3ccccc32)cc1. The van der Waals surface area contributed by atoms with Gasteiger partial charge in [-0.3, -0.25) is 0 Å². The molecule has 2 aromatic rings. The van der Waals surface area contributed by atoms with E-state index in [-0.39, 0.29) is 0 Å². The molecule has 1 aliphatic heterocycles. The van der Waals surface area contributed by atoms with Gasteiger partial charge >= 0.3 is 0 Å². The standard InChI is InChI=1S/C19H22O4S/c1-18(13-24-15-11-9-14(20-3)10-12-15)16-7-5-6-8-17(16)19(2,21-4)23-22-18/h5-12H,13H2,1-4H3/t18-,19+/m1/s1. The molecule has 128 valence electrons. The smallest absolute Gasteiger partial charge is 0.225 e. The Labute approximate surface area is 147 Å². The van der Waals surface area contributed by atoms with E-state index >= 15 is 0 Å². The zero-order valence-electron chi connectivity index (χ0n) is 14.4. The van der Waals surface area contributed by atoms with Gasteiger partial charge in [-0.15, -0.1) is 11.8 Å². The van der Waals surface area contributed by atoms with E-state index in [0.29, 0.717) is 0 Å². The Morgan fingerprint density at radius 2 is 1.58 bits per heavy atom. The van der Waals surface area contributed by atoms with Crippen molar-refractivity contribution in [3.05, 3.63) is 59.7 Å². The van der Waals surface area contributed by atoms with Crippen molar-refractivity contribution in [3.8, 4) is 5.75 Å². The van der Waals surface area contributed by atoms with Crippen LogP contribution in [0, 0.1) is 0 Å². The van der Waals surface area contributed by atoms with Gasteiger partial charge in [-0.1, -0.05) is 24.3 Å². The van der Waals surface area contributed by atoms with Gasteiger partial charge in [0.25, 0.3) is 0 Å². The van der Waals surface area contributed by atoms with Crippen LogP contribution in [0.15, 0.2) is 53.4 Å². The minimum Gasteiger partial charge on any atom is -0.497 e. The van der Waals surface area contributed by atoms with Crippen LogP contribution in [-0.2, 0) is 25.9 Å². The lowest BCUT2D eigenvalue weighted by atomic mass is 9.88. The average molecular weight is 346 g/mol. The van der Waals surface area contributed by atoms with Crippen molar-refractivity contribution in [1.29, 1.82) is 0 Å². The van der Waals surface area contributed by atoms with E-state index in [4.69, 9.17) is 19.2 Å². The molecule has 0 saturated carbocycles. The molecular formula is C19H22O4S. The quantitative estimate of drug-likeness (QED) is 0.589. The van der Waals surface area contributed by atoms with E-state index in [1.54, 1.807) is 26.0 Å². The molecule has 0 radical (unpaired) electrons. The average Bonchev–Trinajstić information content (AvgIpc) is 2.64. The van der Waals surface area contributed by atoms with E-state index in [1.165, 1.54) is 0 Å². The summed E-state index contributed by atoms with van der Waals surface area (Å²) in [5.41, 5.74) is 1.53. The number of methoxy groups -OCH3 is 2. The van der Waals surface area contributed by atoms with Crippen molar-refractivity contribution in [2.24, 2.45) is 0 Å². The molecule has 0 spiro atoms. The van der Waals surface area contributed by atoms with Crippen LogP contribution in [0.3, 0.4) is 0 Å². The molecule has 2 aromatic carbocycles. The normalized spacial score (nSPS) is 26.0. The molecule has 5 heteroatoms. The summed E-state index contributed by atoms with van der Waals surface area (Å²) in [4.78, 5) is 12.6. The van der Waals surface area contributed by atoms with Crippen molar-refractivity contribution < 1.29 is 19.2 Å². The summed E-state index contributed by atoms with van der Waals surface area (Å²) in [7, 11) is 3.29. The maximum atomic E-state index is 5.79. The van der Waals surface area contributed by atoms with Crippen LogP contribution in [0.25, 0.3) is 0 Å². The molecule has 3 rings (SSSR count). The van der Waals surface area contributed by atoms with E-state index in [1.807, 2.05) is 56.3 Å². The van der Waals surface area contributed by atoms with Crippen LogP contribution in [-0.4, -0.2) is 20.0 Å². The molecule has 0 saturated heterocycles. The number of hydrogen-bond acceptors (Lipinski definition) is 5. The minimum atomic E-state index is -0.888. The number of thioether (sulfide) groups is 1. The lowest BCUT2D eigenvalue weighted by Gasteiger charge is -2.42. The van der Waals surface area contributed by atoms with Crippen LogP contribution in [0.5, 0.6) is 5.75 Å². The van der Waals surface area contributed by atoms with E-state index in [2.05, 4.69) is 6.07 Å². The van der Waals surface area contributed by atoms with Gasteiger partial charge in [-0.05, 0) is 43.7 Å². The fourth-order valence-corrected chi connectivity index (χ4v) is 3.71. The first kappa shape index (κ1) is 17.3. The van der Waals surface area contributed by atoms with Crippen LogP contribution in [0.1, 0.15) is 25.0 Å². The summed E-state index contributed by atoms with van der Waals surface area (Å²) in [5, 5.41) is 0. The van der Waals surface area contributed by atoms with Crippen LogP contribution in [0.4, 0.5) is 0 Å². The largest absolute Gasteiger partial charge is 0.497 e. The fourth-order valence-electron chi connectivity index (χ4n) is 2.74. The molecule has 0 aromatic heterocycles. The zero-order chi connectivity index (χ0) is 17.2. The number of fused-ring (bicyclic) bond motifs is 1. The van der Waals surface area contributed by atoms with Gasteiger partial charge in [0, 0.05) is 23.3 Å². The summed E-state index contributed by atoms with van der Waals surface area (Å²) in [5.74, 6) is 0.681. The van der Waals surface area contributed by atoms with Crippen LogP contribution >= 0.6 is 11.8 Å². The van der Waals surface area contributed by atoms with Crippen molar-refractivity contribution >= 4 is 11.8 Å². The second-order valence-corrected chi connectivity index (χ2v) is 7.11. The van der Waals surface area contributed by atoms with Gasteiger partial charge in [0.05, 0.1) is 7.11 Å². The van der Waals surface area contributed by atoms with E-state index in [0.717, 1.165) is 27.5 Å². The molecule has 0 aliphatic carbocycles. The molecule has 4 nitrogen and oxygen atoms in total. The molecule has 0 bridgehead atoms. The first-order chi connectivity index (χ1) is 11.5. The lowest BCUT2D eigenvalue weighted by Crippen LogP contribution is -2.43. The number of rotatable bonds is 5. The van der Waals surface area contributed by atoms with Crippen LogP contribution < -0.4 is 4.74 Å². The highest BCUT2D eigenvalue weighted by Crippen LogP contribution is 2.44. The summed E-state index contributed by atoms with van der Waals surface area (Å²) in [6, 6.07) is 16.1. The molecule has 0 fully saturated rings. The molecule has 0 amide bonds. The number of ether oxygens (including phenoxy) is 2. The highest BCUT2D eigenvalue weighted by Gasteiger charge is 2.45. The third-order valence-electron chi connectivity index (χ3n) is 4.33. The third-order valence-corrected chi connectivity index (χ3v) is 5.63.